The quantitative estimate of drug-likeness (QED) is 0.886. The highest BCUT2D eigenvalue weighted by molar-refractivity contribution is 6.32. The summed E-state index contributed by atoms with van der Waals surface area (Å²) >= 11 is 6.20. The molecule has 0 aliphatic heterocycles. The predicted molar refractivity (Wildman–Crippen MR) is 89.1 cm³/mol. The number of halogens is 1. The van der Waals surface area contributed by atoms with Gasteiger partial charge in [-0.25, -0.2) is 0 Å². The van der Waals surface area contributed by atoms with Gasteiger partial charge in [-0.3, -0.25) is 0 Å². The Labute approximate surface area is 131 Å². The maximum absolute atomic E-state index is 6.20. The molecule has 0 bridgehead atoms. The summed E-state index contributed by atoms with van der Waals surface area (Å²) in [6.07, 6.45) is -0.175. The number of rotatable bonds is 4. The average molecular weight is 304 g/mol. The molecule has 0 spiro atoms. The number of aryl methyl sites for hydroxylation is 3. The molecule has 0 heterocycles. The molecule has 0 fully saturated rings. The summed E-state index contributed by atoms with van der Waals surface area (Å²) in [4.78, 5) is 0. The molecule has 3 heteroatoms. The van der Waals surface area contributed by atoms with E-state index in [9.17, 15) is 0 Å². The summed E-state index contributed by atoms with van der Waals surface area (Å²) in [5.41, 5.74) is 10.4. The van der Waals surface area contributed by atoms with Crippen LogP contribution in [-0.4, -0.2) is 6.04 Å². The van der Waals surface area contributed by atoms with E-state index in [0.29, 0.717) is 0 Å². The largest absolute Gasteiger partial charge is 0.484 e. The monoisotopic (exact) mass is 303 g/mol. The first kappa shape index (κ1) is 15.9. The number of hydrogen-bond acceptors (Lipinski definition) is 2. The third kappa shape index (κ3) is 3.78. The Morgan fingerprint density at radius 2 is 1.52 bits per heavy atom. The van der Waals surface area contributed by atoms with E-state index in [4.69, 9.17) is 22.1 Å². The minimum atomic E-state index is -0.175. The molecular formula is C18H22ClNO. The first-order chi connectivity index (χ1) is 9.88. The fourth-order valence-electron chi connectivity index (χ4n) is 2.36. The Morgan fingerprint density at radius 3 is 2.00 bits per heavy atom. The number of nitrogens with two attached hydrogens (primary N) is 1. The molecule has 2 rings (SSSR count). The van der Waals surface area contributed by atoms with Gasteiger partial charge in [0.25, 0.3) is 0 Å². The molecule has 2 unspecified atom stereocenters. The lowest BCUT2D eigenvalue weighted by molar-refractivity contribution is 0.180. The summed E-state index contributed by atoms with van der Waals surface area (Å²) < 4.78 is 6.13. The molecule has 0 aromatic heterocycles. The van der Waals surface area contributed by atoms with Gasteiger partial charge in [0.1, 0.15) is 11.9 Å². The highest BCUT2D eigenvalue weighted by Gasteiger charge is 2.18. The van der Waals surface area contributed by atoms with Crippen molar-refractivity contribution in [2.24, 2.45) is 5.73 Å². The lowest BCUT2D eigenvalue weighted by Gasteiger charge is -2.24. The van der Waals surface area contributed by atoms with E-state index >= 15 is 0 Å². The van der Waals surface area contributed by atoms with E-state index in [2.05, 4.69) is 31.2 Å². The van der Waals surface area contributed by atoms with Gasteiger partial charge in [-0.15, -0.1) is 0 Å². The highest BCUT2D eigenvalue weighted by atomic mass is 35.5. The molecule has 0 saturated carbocycles. The summed E-state index contributed by atoms with van der Waals surface area (Å²) in [6, 6.07) is 12.1. The molecular weight excluding hydrogens is 282 g/mol. The summed E-state index contributed by atoms with van der Waals surface area (Å²) in [5.74, 6) is 0.803. The molecule has 0 saturated heterocycles. The van der Waals surface area contributed by atoms with Crippen LogP contribution in [0.2, 0.25) is 5.02 Å². The maximum Gasteiger partial charge on any atom is 0.138 e. The van der Waals surface area contributed by atoms with Crippen molar-refractivity contribution >= 4 is 11.6 Å². The summed E-state index contributed by atoms with van der Waals surface area (Å²) in [5, 5.41) is 0.787. The van der Waals surface area contributed by atoms with E-state index in [0.717, 1.165) is 27.5 Å². The van der Waals surface area contributed by atoms with Crippen molar-refractivity contribution in [1.29, 1.82) is 0 Å². The van der Waals surface area contributed by atoms with Gasteiger partial charge in [0.05, 0.1) is 0 Å². The van der Waals surface area contributed by atoms with E-state index in [1.54, 1.807) is 0 Å². The Bertz CT molecular complexity index is 597. The topological polar surface area (TPSA) is 35.2 Å². The van der Waals surface area contributed by atoms with E-state index < -0.39 is 0 Å². The van der Waals surface area contributed by atoms with Crippen LogP contribution in [0.5, 0.6) is 5.75 Å². The van der Waals surface area contributed by atoms with Crippen LogP contribution in [0.25, 0.3) is 0 Å². The summed E-state index contributed by atoms with van der Waals surface area (Å²) in [7, 11) is 0. The zero-order chi connectivity index (χ0) is 15.6. The molecule has 21 heavy (non-hydrogen) atoms. The van der Waals surface area contributed by atoms with Crippen LogP contribution in [0.3, 0.4) is 0 Å². The van der Waals surface area contributed by atoms with Crippen LogP contribution in [0.4, 0.5) is 0 Å². The van der Waals surface area contributed by atoms with E-state index in [1.807, 2.05) is 32.9 Å². The average Bonchev–Trinajstić information content (AvgIpc) is 2.43. The van der Waals surface area contributed by atoms with Crippen molar-refractivity contribution in [3.05, 3.63) is 63.7 Å². The van der Waals surface area contributed by atoms with Gasteiger partial charge in [-0.2, -0.15) is 0 Å². The van der Waals surface area contributed by atoms with Crippen molar-refractivity contribution in [3.8, 4) is 5.75 Å². The van der Waals surface area contributed by atoms with Crippen LogP contribution in [0.1, 0.15) is 35.3 Å². The second-order valence-electron chi connectivity index (χ2n) is 5.68. The predicted octanol–water partition coefficient (Wildman–Crippen LogP) is 4.73. The number of hydrogen-bond donors (Lipinski definition) is 1. The lowest BCUT2D eigenvalue weighted by Crippen LogP contribution is -2.29. The van der Waals surface area contributed by atoms with Gasteiger partial charge in [0.15, 0.2) is 0 Å². The molecule has 2 aromatic rings. The zero-order valence-electron chi connectivity index (χ0n) is 13.0. The molecule has 2 nitrogen and oxygen atoms in total. The molecule has 2 N–H and O–H groups in total. The molecule has 0 aliphatic carbocycles. The second kappa shape index (κ2) is 6.50. The maximum atomic E-state index is 6.20. The SMILES string of the molecule is Cc1ccc(C(Oc2cc(C)c(Cl)c(C)c2)C(C)N)cc1. The van der Waals surface area contributed by atoms with Crippen LogP contribution in [0, 0.1) is 20.8 Å². The van der Waals surface area contributed by atoms with Gasteiger partial charge in [0.2, 0.25) is 0 Å². The van der Waals surface area contributed by atoms with Crippen LogP contribution >= 0.6 is 11.6 Å². The van der Waals surface area contributed by atoms with Gasteiger partial charge >= 0.3 is 0 Å². The van der Waals surface area contributed by atoms with Crippen molar-refractivity contribution in [2.75, 3.05) is 0 Å². The van der Waals surface area contributed by atoms with Crippen molar-refractivity contribution in [2.45, 2.75) is 39.8 Å². The Hall–Kier alpha value is -1.51. The Kier molecular flexibility index (Phi) is 4.92. The normalized spacial score (nSPS) is 13.8. The minimum Gasteiger partial charge on any atom is -0.484 e. The van der Waals surface area contributed by atoms with Crippen molar-refractivity contribution in [1.82, 2.24) is 0 Å². The number of ether oxygens (including phenoxy) is 1. The van der Waals surface area contributed by atoms with E-state index in [1.165, 1.54) is 5.56 Å². The van der Waals surface area contributed by atoms with Crippen molar-refractivity contribution in [3.63, 3.8) is 0 Å². The van der Waals surface area contributed by atoms with E-state index in [-0.39, 0.29) is 12.1 Å². The highest BCUT2D eigenvalue weighted by Crippen LogP contribution is 2.30. The fourth-order valence-corrected chi connectivity index (χ4v) is 2.46. The number of benzene rings is 2. The van der Waals surface area contributed by atoms with Gasteiger partial charge in [-0.1, -0.05) is 41.4 Å². The zero-order valence-corrected chi connectivity index (χ0v) is 13.7. The third-order valence-corrected chi connectivity index (χ3v) is 4.15. The van der Waals surface area contributed by atoms with Crippen LogP contribution < -0.4 is 10.5 Å². The second-order valence-corrected chi connectivity index (χ2v) is 6.06. The lowest BCUT2D eigenvalue weighted by atomic mass is 10.0. The smallest absolute Gasteiger partial charge is 0.138 e. The molecule has 2 aromatic carbocycles. The van der Waals surface area contributed by atoms with Gasteiger partial charge < -0.3 is 10.5 Å². The van der Waals surface area contributed by atoms with Crippen LogP contribution in [-0.2, 0) is 0 Å². The molecule has 0 amide bonds. The Balaban J connectivity index is 2.30. The standard InChI is InChI=1S/C18H22ClNO/c1-11-5-7-15(8-6-11)18(14(4)20)21-16-9-12(2)17(19)13(3)10-16/h5-10,14,18H,20H2,1-4H3. The third-order valence-electron chi connectivity index (χ3n) is 3.56. The first-order valence-electron chi connectivity index (χ1n) is 7.14. The van der Waals surface area contributed by atoms with Crippen molar-refractivity contribution < 1.29 is 4.74 Å². The first-order valence-corrected chi connectivity index (χ1v) is 7.52. The molecule has 0 radical (unpaired) electrons. The fraction of sp³-hybridized carbons (Fsp3) is 0.333. The van der Waals surface area contributed by atoms with Gasteiger partial charge in [-0.05, 0) is 56.5 Å². The Morgan fingerprint density at radius 1 is 1.00 bits per heavy atom. The molecule has 2 atom stereocenters. The minimum absolute atomic E-state index is 0.107. The molecule has 112 valence electrons. The summed E-state index contributed by atoms with van der Waals surface area (Å²) in [6.45, 7) is 7.99. The van der Waals surface area contributed by atoms with Gasteiger partial charge in [0, 0.05) is 11.1 Å². The molecule has 0 aliphatic rings. The van der Waals surface area contributed by atoms with Crippen LogP contribution in [0.15, 0.2) is 36.4 Å².